The molecule has 0 aliphatic carbocycles. The molecule has 0 spiro atoms. The van der Waals surface area contributed by atoms with Crippen LogP contribution < -0.4 is 10.5 Å². The lowest BCUT2D eigenvalue weighted by molar-refractivity contribution is -0.114. The van der Waals surface area contributed by atoms with E-state index in [1.807, 2.05) is 36.4 Å². The number of benzene rings is 3. The van der Waals surface area contributed by atoms with Crippen molar-refractivity contribution in [3.05, 3.63) is 82.9 Å². The van der Waals surface area contributed by atoms with E-state index in [4.69, 9.17) is 15.7 Å². The van der Waals surface area contributed by atoms with Gasteiger partial charge in [-0.1, -0.05) is 54.6 Å². The van der Waals surface area contributed by atoms with Crippen LogP contribution in [0.3, 0.4) is 0 Å². The molecule has 0 saturated carbocycles. The van der Waals surface area contributed by atoms with Gasteiger partial charge >= 0.3 is 0 Å². The molecule has 0 radical (unpaired) electrons. The molecule has 3 rings (SSSR count). The molecule has 3 aromatic rings. The zero-order valence-corrected chi connectivity index (χ0v) is 14.4. The SMILES string of the molecule is Cc1ccc2ccccc2c1COc1ccccc1/C=C(\C#N)C(N)=O. The Morgan fingerprint density at radius 1 is 1.12 bits per heavy atom. The summed E-state index contributed by atoms with van der Waals surface area (Å²) in [5.41, 5.74) is 8.01. The highest BCUT2D eigenvalue weighted by Gasteiger charge is 2.09. The molecule has 0 aliphatic heterocycles. The number of nitrogens with zero attached hydrogens (tertiary/aromatic N) is 1. The molecule has 26 heavy (non-hydrogen) atoms. The summed E-state index contributed by atoms with van der Waals surface area (Å²) < 4.78 is 6.03. The number of rotatable bonds is 5. The van der Waals surface area contributed by atoms with Crippen LogP contribution in [0.2, 0.25) is 0 Å². The van der Waals surface area contributed by atoms with Gasteiger partial charge < -0.3 is 10.5 Å². The molecule has 0 unspecified atom stereocenters. The lowest BCUT2D eigenvalue weighted by Gasteiger charge is -2.13. The summed E-state index contributed by atoms with van der Waals surface area (Å²) >= 11 is 0. The van der Waals surface area contributed by atoms with Crippen LogP contribution in [0.25, 0.3) is 16.8 Å². The third kappa shape index (κ3) is 3.57. The van der Waals surface area contributed by atoms with Crippen LogP contribution in [0.1, 0.15) is 16.7 Å². The van der Waals surface area contributed by atoms with Crippen LogP contribution >= 0.6 is 0 Å². The van der Waals surface area contributed by atoms with E-state index in [9.17, 15) is 4.79 Å². The lowest BCUT2D eigenvalue weighted by atomic mass is 10.0. The van der Waals surface area contributed by atoms with E-state index in [1.165, 1.54) is 6.08 Å². The second-order valence-corrected chi connectivity index (χ2v) is 5.94. The molecule has 0 aromatic heterocycles. The van der Waals surface area contributed by atoms with Gasteiger partial charge in [0, 0.05) is 11.1 Å². The molecule has 0 fully saturated rings. The summed E-state index contributed by atoms with van der Waals surface area (Å²) in [6.45, 7) is 2.44. The molecule has 4 heteroatoms. The number of aryl methyl sites for hydroxylation is 1. The Morgan fingerprint density at radius 3 is 2.62 bits per heavy atom. The molecule has 0 bridgehead atoms. The number of para-hydroxylation sites is 1. The van der Waals surface area contributed by atoms with E-state index in [0.29, 0.717) is 17.9 Å². The molecular weight excluding hydrogens is 324 g/mol. The van der Waals surface area contributed by atoms with Gasteiger partial charge in [0.25, 0.3) is 5.91 Å². The van der Waals surface area contributed by atoms with Crippen molar-refractivity contribution in [3.63, 3.8) is 0 Å². The van der Waals surface area contributed by atoms with Gasteiger partial charge in [-0.3, -0.25) is 4.79 Å². The summed E-state index contributed by atoms with van der Waals surface area (Å²) in [6.07, 6.45) is 1.45. The van der Waals surface area contributed by atoms with Gasteiger partial charge in [-0.2, -0.15) is 5.26 Å². The molecule has 0 atom stereocenters. The van der Waals surface area contributed by atoms with E-state index in [2.05, 4.69) is 31.2 Å². The number of carbonyl (C=O) groups is 1. The smallest absolute Gasteiger partial charge is 0.259 e. The van der Waals surface area contributed by atoms with Gasteiger partial charge in [0.05, 0.1) is 0 Å². The van der Waals surface area contributed by atoms with Crippen molar-refractivity contribution < 1.29 is 9.53 Å². The van der Waals surface area contributed by atoms with Gasteiger partial charge in [-0.25, -0.2) is 0 Å². The summed E-state index contributed by atoms with van der Waals surface area (Å²) in [6, 6.07) is 21.4. The van der Waals surface area contributed by atoms with Crippen molar-refractivity contribution in [3.8, 4) is 11.8 Å². The van der Waals surface area contributed by atoms with Crippen molar-refractivity contribution in [2.24, 2.45) is 5.73 Å². The molecule has 0 aliphatic rings. The Labute approximate surface area is 152 Å². The highest BCUT2D eigenvalue weighted by atomic mass is 16.5. The first-order valence-electron chi connectivity index (χ1n) is 8.21. The number of nitriles is 1. The number of ether oxygens (including phenoxy) is 1. The summed E-state index contributed by atoms with van der Waals surface area (Å²) in [4.78, 5) is 11.3. The first-order valence-corrected chi connectivity index (χ1v) is 8.21. The van der Waals surface area contributed by atoms with E-state index in [1.54, 1.807) is 6.07 Å². The number of fused-ring (bicyclic) bond motifs is 1. The fourth-order valence-corrected chi connectivity index (χ4v) is 2.83. The average molecular weight is 342 g/mol. The van der Waals surface area contributed by atoms with Crippen molar-refractivity contribution in [1.29, 1.82) is 5.26 Å². The van der Waals surface area contributed by atoms with Crippen LogP contribution in [0.4, 0.5) is 0 Å². The maximum Gasteiger partial charge on any atom is 0.259 e. The van der Waals surface area contributed by atoms with Crippen LogP contribution in [0.5, 0.6) is 5.75 Å². The zero-order chi connectivity index (χ0) is 18.5. The topological polar surface area (TPSA) is 76.1 Å². The van der Waals surface area contributed by atoms with Crippen LogP contribution in [-0.4, -0.2) is 5.91 Å². The van der Waals surface area contributed by atoms with Gasteiger partial charge in [0.2, 0.25) is 0 Å². The van der Waals surface area contributed by atoms with Crippen molar-refractivity contribution in [1.82, 2.24) is 0 Å². The number of nitrogens with two attached hydrogens (primary N) is 1. The molecular formula is C22H18N2O2. The largest absolute Gasteiger partial charge is 0.488 e. The quantitative estimate of drug-likeness (QED) is 0.560. The fraction of sp³-hybridized carbons (Fsp3) is 0.0909. The van der Waals surface area contributed by atoms with E-state index in [0.717, 1.165) is 21.9 Å². The Morgan fingerprint density at radius 2 is 1.85 bits per heavy atom. The molecule has 0 saturated heterocycles. The van der Waals surface area contributed by atoms with Gasteiger partial charge in [-0.15, -0.1) is 0 Å². The second-order valence-electron chi connectivity index (χ2n) is 5.94. The van der Waals surface area contributed by atoms with E-state index < -0.39 is 5.91 Å². The maximum absolute atomic E-state index is 11.3. The highest BCUT2D eigenvalue weighted by molar-refractivity contribution is 6.00. The monoisotopic (exact) mass is 342 g/mol. The minimum Gasteiger partial charge on any atom is -0.488 e. The Bertz CT molecular complexity index is 1050. The van der Waals surface area contributed by atoms with Gasteiger partial charge in [-0.05, 0) is 35.4 Å². The fourth-order valence-electron chi connectivity index (χ4n) is 2.83. The summed E-state index contributed by atoms with van der Waals surface area (Å²) in [5, 5.41) is 11.4. The molecule has 0 heterocycles. The van der Waals surface area contributed by atoms with Crippen LogP contribution in [-0.2, 0) is 11.4 Å². The number of hydrogen-bond donors (Lipinski definition) is 1. The number of amides is 1. The zero-order valence-electron chi connectivity index (χ0n) is 14.4. The lowest BCUT2D eigenvalue weighted by Crippen LogP contribution is -2.12. The molecule has 128 valence electrons. The van der Waals surface area contributed by atoms with E-state index in [-0.39, 0.29) is 5.57 Å². The number of carbonyl (C=O) groups excluding carboxylic acids is 1. The minimum atomic E-state index is -0.757. The number of primary amides is 1. The molecule has 2 N–H and O–H groups in total. The first-order chi connectivity index (χ1) is 12.6. The third-order valence-corrected chi connectivity index (χ3v) is 4.25. The third-order valence-electron chi connectivity index (χ3n) is 4.25. The molecule has 3 aromatic carbocycles. The maximum atomic E-state index is 11.3. The Balaban J connectivity index is 1.94. The van der Waals surface area contributed by atoms with Crippen molar-refractivity contribution in [2.75, 3.05) is 0 Å². The van der Waals surface area contributed by atoms with E-state index >= 15 is 0 Å². The number of hydrogen-bond acceptors (Lipinski definition) is 3. The van der Waals surface area contributed by atoms with Gasteiger partial charge in [0.1, 0.15) is 24.0 Å². The average Bonchev–Trinajstić information content (AvgIpc) is 2.66. The van der Waals surface area contributed by atoms with Crippen LogP contribution in [0.15, 0.2) is 66.2 Å². The van der Waals surface area contributed by atoms with Crippen LogP contribution in [0, 0.1) is 18.3 Å². The summed E-state index contributed by atoms with van der Waals surface area (Å²) in [5.74, 6) is -0.166. The van der Waals surface area contributed by atoms with Gasteiger partial charge in [0.15, 0.2) is 0 Å². The minimum absolute atomic E-state index is 0.109. The predicted octanol–water partition coefficient (Wildman–Crippen LogP) is 4.12. The molecule has 4 nitrogen and oxygen atoms in total. The standard InChI is InChI=1S/C22H18N2O2/c1-15-10-11-16-6-2-4-8-19(16)20(15)14-26-21-9-5-3-7-17(21)12-18(13-23)22(24)25/h2-12H,14H2,1H3,(H2,24,25)/b18-12+. The van der Waals surface area contributed by atoms with Crippen molar-refractivity contribution >= 4 is 22.8 Å². The van der Waals surface area contributed by atoms with Crippen molar-refractivity contribution in [2.45, 2.75) is 13.5 Å². The first kappa shape index (κ1) is 17.2. The molecule has 1 amide bonds. The highest BCUT2D eigenvalue weighted by Crippen LogP contribution is 2.26. The Kier molecular flexibility index (Phi) is 5.00. The Hall–Kier alpha value is -3.58. The normalized spacial score (nSPS) is 11.2. The predicted molar refractivity (Wildman–Crippen MR) is 102 cm³/mol. The summed E-state index contributed by atoms with van der Waals surface area (Å²) in [7, 11) is 0. The second kappa shape index (κ2) is 7.54.